The van der Waals surface area contributed by atoms with Gasteiger partial charge in [0.2, 0.25) is 11.8 Å². The summed E-state index contributed by atoms with van der Waals surface area (Å²) < 4.78 is 5.27. The molecule has 37 heavy (non-hydrogen) atoms. The number of unbranched alkanes of at least 4 members (excludes halogenated alkanes) is 6. The predicted molar refractivity (Wildman–Crippen MR) is 144 cm³/mol. The molecule has 0 saturated carbocycles. The van der Waals surface area contributed by atoms with Crippen molar-refractivity contribution < 1.29 is 29.3 Å². The van der Waals surface area contributed by atoms with Crippen molar-refractivity contribution in [2.45, 2.75) is 104 Å². The van der Waals surface area contributed by atoms with Crippen molar-refractivity contribution in [2.24, 2.45) is 0 Å². The minimum atomic E-state index is -1.28. The first-order valence-electron chi connectivity index (χ1n) is 13.5. The van der Waals surface area contributed by atoms with Crippen molar-refractivity contribution in [1.29, 1.82) is 0 Å². The molecule has 3 amide bonds. The normalized spacial score (nSPS) is 12.9. The Morgan fingerprint density at radius 3 is 2.11 bits per heavy atom. The molecule has 0 aliphatic carbocycles. The van der Waals surface area contributed by atoms with Gasteiger partial charge < -0.3 is 30.5 Å². The van der Waals surface area contributed by atoms with Crippen LogP contribution in [0.2, 0.25) is 0 Å². The largest absolute Gasteiger partial charge is 0.508 e. The van der Waals surface area contributed by atoms with Crippen LogP contribution < -0.4 is 10.6 Å². The second-order valence-corrected chi connectivity index (χ2v) is 10.3. The number of alkyl carbamates (subject to hydrolysis) is 1. The minimum absolute atomic E-state index is 0.0446. The summed E-state index contributed by atoms with van der Waals surface area (Å²) in [5.41, 5.74) is -0.249. The second-order valence-electron chi connectivity index (χ2n) is 10.3. The number of phenols is 1. The molecule has 9 heteroatoms. The average Bonchev–Trinajstić information content (AvgIpc) is 2.83. The molecule has 0 radical (unpaired) electrons. The molecule has 1 aromatic carbocycles. The van der Waals surface area contributed by atoms with Crippen molar-refractivity contribution in [1.82, 2.24) is 15.5 Å². The third kappa shape index (κ3) is 12.3. The van der Waals surface area contributed by atoms with Crippen molar-refractivity contribution >= 4 is 17.9 Å². The van der Waals surface area contributed by atoms with Gasteiger partial charge in [-0.3, -0.25) is 9.59 Å². The Morgan fingerprint density at radius 1 is 0.946 bits per heavy atom. The van der Waals surface area contributed by atoms with Crippen LogP contribution in [0.15, 0.2) is 24.3 Å². The number of nitrogens with one attached hydrogen (secondary N) is 2. The number of aliphatic hydroxyl groups excluding tert-OH is 1. The lowest BCUT2D eigenvalue weighted by Gasteiger charge is -2.34. The Hall–Kier alpha value is -2.81. The van der Waals surface area contributed by atoms with Crippen LogP contribution in [0.3, 0.4) is 0 Å². The zero-order valence-corrected chi connectivity index (χ0v) is 23.2. The summed E-state index contributed by atoms with van der Waals surface area (Å²) in [6.45, 7) is 9.39. The van der Waals surface area contributed by atoms with Crippen molar-refractivity contribution in [3.63, 3.8) is 0 Å². The van der Waals surface area contributed by atoms with Crippen molar-refractivity contribution in [2.75, 3.05) is 19.7 Å². The van der Waals surface area contributed by atoms with Crippen LogP contribution in [0.5, 0.6) is 5.75 Å². The highest BCUT2D eigenvalue weighted by Gasteiger charge is 2.35. The number of carbonyl (C=O) groups excluding carboxylic acids is 3. The molecular weight excluding hydrogens is 474 g/mol. The highest BCUT2D eigenvalue weighted by molar-refractivity contribution is 5.92. The number of benzene rings is 1. The number of nitrogens with zero attached hydrogens (tertiary/aromatic N) is 1. The predicted octanol–water partition coefficient (Wildman–Crippen LogP) is 4.42. The minimum Gasteiger partial charge on any atom is -0.508 e. The number of aromatic hydroxyl groups is 1. The first-order valence-corrected chi connectivity index (χ1v) is 13.5. The van der Waals surface area contributed by atoms with Crippen LogP contribution in [-0.4, -0.2) is 64.4 Å². The number of aliphatic hydroxyl groups is 1. The van der Waals surface area contributed by atoms with Gasteiger partial charge in [-0.1, -0.05) is 64.5 Å². The van der Waals surface area contributed by atoms with Gasteiger partial charge in [0.25, 0.3) is 0 Å². The summed E-state index contributed by atoms with van der Waals surface area (Å²) in [5.74, 6) is -0.883. The molecule has 0 aliphatic heterocycles. The van der Waals surface area contributed by atoms with Gasteiger partial charge in [0.15, 0.2) is 0 Å². The maximum Gasteiger partial charge on any atom is 0.408 e. The van der Waals surface area contributed by atoms with E-state index in [0.717, 1.165) is 44.9 Å². The molecule has 2 unspecified atom stereocenters. The number of rotatable bonds is 16. The Kier molecular flexibility index (Phi) is 14.7. The number of phenolic OH excluding ortho intramolecular Hbond substituents is 1. The van der Waals surface area contributed by atoms with Gasteiger partial charge in [-0.2, -0.15) is 0 Å². The number of amides is 3. The molecular formula is C28H47N3O6. The van der Waals surface area contributed by atoms with Crippen LogP contribution in [0, 0.1) is 0 Å². The van der Waals surface area contributed by atoms with E-state index in [1.807, 2.05) is 0 Å². The summed E-state index contributed by atoms with van der Waals surface area (Å²) in [7, 11) is 0. The molecule has 0 aliphatic rings. The summed E-state index contributed by atoms with van der Waals surface area (Å²) in [5, 5.41) is 25.2. The molecule has 0 heterocycles. The molecule has 2 atom stereocenters. The lowest BCUT2D eigenvalue weighted by molar-refractivity contribution is -0.143. The lowest BCUT2D eigenvalue weighted by atomic mass is 10.0. The fourth-order valence-electron chi connectivity index (χ4n) is 3.90. The number of hydrogen-bond acceptors (Lipinski definition) is 6. The molecule has 4 N–H and O–H groups in total. The lowest BCUT2D eigenvalue weighted by Crippen LogP contribution is -2.54. The summed E-state index contributed by atoms with van der Waals surface area (Å²) in [4.78, 5) is 41.0. The van der Waals surface area contributed by atoms with E-state index in [9.17, 15) is 24.6 Å². The van der Waals surface area contributed by atoms with E-state index in [1.54, 1.807) is 32.9 Å². The topological polar surface area (TPSA) is 128 Å². The van der Waals surface area contributed by atoms with Gasteiger partial charge >= 0.3 is 6.09 Å². The SMILES string of the molecule is CCCCCCCN(C(=O)C(CO)NC(=O)OC(C)(C)C)C(C(=O)NCCCCC)c1ccc(O)cc1. The molecule has 1 aromatic rings. The van der Waals surface area contributed by atoms with Gasteiger partial charge in [-0.25, -0.2) is 4.79 Å². The van der Waals surface area contributed by atoms with E-state index in [2.05, 4.69) is 24.5 Å². The van der Waals surface area contributed by atoms with E-state index < -0.39 is 36.3 Å². The fraction of sp³-hybridized carbons (Fsp3) is 0.679. The Bertz CT molecular complexity index is 822. The summed E-state index contributed by atoms with van der Waals surface area (Å²) >= 11 is 0. The molecule has 0 spiro atoms. The highest BCUT2D eigenvalue weighted by atomic mass is 16.6. The third-order valence-electron chi connectivity index (χ3n) is 5.81. The van der Waals surface area contributed by atoms with Crippen molar-refractivity contribution in [3.05, 3.63) is 29.8 Å². The summed E-state index contributed by atoms with van der Waals surface area (Å²) in [6.07, 6.45) is 6.66. The van der Waals surface area contributed by atoms with Crippen LogP contribution in [-0.2, 0) is 14.3 Å². The molecule has 0 fully saturated rings. The average molecular weight is 522 g/mol. The molecule has 0 bridgehead atoms. The van der Waals surface area contributed by atoms with Crippen LogP contribution in [0.1, 0.15) is 97.6 Å². The Balaban J connectivity index is 3.28. The molecule has 210 valence electrons. The summed E-state index contributed by atoms with van der Waals surface area (Å²) in [6, 6.07) is 3.89. The maximum absolute atomic E-state index is 13.7. The van der Waals surface area contributed by atoms with Gasteiger partial charge in [-0.05, 0) is 51.3 Å². The smallest absolute Gasteiger partial charge is 0.408 e. The van der Waals surface area contributed by atoms with E-state index in [0.29, 0.717) is 18.5 Å². The number of ether oxygens (including phenoxy) is 1. The molecule has 0 saturated heterocycles. The van der Waals surface area contributed by atoms with Gasteiger partial charge in [0.1, 0.15) is 23.4 Å². The van der Waals surface area contributed by atoms with E-state index in [4.69, 9.17) is 4.74 Å². The maximum atomic E-state index is 13.7. The van der Waals surface area contributed by atoms with Gasteiger partial charge in [0, 0.05) is 13.1 Å². The number of hydrogen-bond donors (Lipinski definition) is 4. The monoisotopic (exact) mass is 521 g/mol. The Morgan fingerprint density at radius 2 is 1.54 bits per heavy atom. The highest BCUT2D eigenvalue weighted by Crippen LogP contribution is 2.25. The van der Waals surface area contributed by atoms with Gasteiger partial charge in [0.05, 0.1) is 6.61 Å². The third-order valence-corrected chi connectivity index (χ3v) is 5.81. The first kappa shape index (κ1) is 32.2. The van der Waals surface area contributed by atoms with Crippen molar-refractivity contribution in [3.8, 4) is 5.75 Å². The van der Waals surface area contributed by atoms with Crippen LogP contribution in [0.25, 0.3) is 0 Å². The zero-order chi connectivity index (χ0) is 27.8. The Labute approximate surface area is 222 Å². The molecule has 9 nitrogen and oxygen atoms in total. The van der Waals surface area contributed by atoms with E-state index >= 15 is 0 Å². The van der Waals surface area contributed by atoms with E-state index in [-0.39, 0.29) is 18.2 Å². The van der Waals surface area contributed by atoms with Crippen LogP contribution >= 0.6 is 0 Å². The molecule has 1 rings (SSSR count). The fourth-order valence-corrected chi connectivity index (χ4v) is 3.90. The second kappa shape index (κ2) is 16.8. The molecule has 0 aromatic heterocycles. The zero-order valence-electron chi connectivity index (χ0n) is 23.2. The first-order chi connectivity index (χ1) is 17.5. The van der Waals surface area contributed by atoms with Crippen LogP contribution in [0.4, 0.5) is 4.79 Å². The standard InChI is InChI=1S/C28H47N3O6/c1-6-8-10-11-13-19-31(26(35)23(20-32)30-27(36)37-28(3,4)5)24(21-14-16-22(33)17-15-21)25(34)29-18-12-9-7-2/h14-17,23-24,32-33H,6-13,18-20H2,1-5H3,(H,29,34)(H,30,36). The van der Waals surface area contributed by atoms with Gasteiger partial charge in [-0.15, -0.1) is 0 Å². The van der Waals surface area contributed by atoms with E-state index in [1.165, 1.54) is 17.0 Å². The quantitative estimate of drug-likeness (QED) is 0.238. The number of carbonyl (C=O) groups is 3.